The van der Waals surface area contributed by atoms with E-state index in [1.807, 2.05) is 6.07 Å². The molecule has 0 saturated carbocycles. The van der Waals surface area contributed by atoms with Crippen LogP contribution in [0.3, 0.4) is 0 Å². The largest absolute Gasteiger partial charge is 0.355 e. The van der Waals surface area contributed by atoms with Crippen molar-refractivity contribution in [2.24, 2.45) is 0 Å². The zero-order valence-corrected chi connectivity index (χ0v) is 12.3. The minimum atomic E-state index is -3.56. The minimum Gasteiger partial charge on any atom is -0.355 e. The zero-order valence-electron chi connectivity index (χ0n) is 11.5. The predicted octanol–water partition coefficient (Wildman–Crippen LogP) is 0.456. The fraction of sp³-hybridized carbons (Fsp3) is 0.385. The molecule has 0 aliphatic rings. The first-order valence-electron chi connectivity index (χ1n) is 6.08. The molecular weight excluding hydrogens is 278 g/mol. The van der Waals surface area contributed by atoms with Crippen LogP contribution in [-0.4, -0.2) is 38.8 Å². The number of carbonyl (C=O) groups excluding carboxylic acids is 1. The fourth-order valence-corrected chi connectivity index (χ4v) is 2.70. The topological polar surface area (TPSA) is 90.3 Å². The average Bonchev–Trinajstić information content (AvgIpc) is 2.39. The van der Waals surface area contributed by atoms with Gasteiger partial charge in [-0.3, -0.25) is 4.79 Å². The lowest BCUT2D eigenvalue weighted by Gasteiger charge is -2.16. The summed E-state index contributed by atoms with van der Waals surface area (Å²) in [6.45, 7) is 2.03. The maximum absolute atomic E-state index is 12.1. The normalized spacial score (nSPS) is 11.1. The van der Waals surface area contributed by atoms with Gasteiger partial charge in [-0.15, -0.1) is 0 Å². The first-order chi connectivity index (χ1) is 9.39. The van der Waals surface area contributed by atoms with E-state index in [0.717, 1.165) is 4.31 Å². The summed E-state index contributed by atoms with van der Waals surface area (Å²) in [5.41, 5.74) is 1.05. The Morgan fingerprint density at radius 2 is 1.95 bits per heavy atom. The van der Waals surface area contributed by atoms with Crippen LogP contribution in [0.1, 0.15) is 18.1 Å². The van der Waals surface area contributed by atoms with E-state index >= 15 is 0 Å². The van der Waals surface area contributed by atoms with Crippen molar-refractivity contribution < 1.29 is 13.2 Å². The molecule has 1 aromatic rings. The van der Waals surface area contributed by atoms with Crippen molar-refractivity contribution in [3.8, 4) is 6.07 Å². The second-order valence-electron chi connectivity index (χ2n) is 4.27. The molecule has 0 aromatic heterocycles. The highest BCUT2D eigenvalue weighted by Gasteiger charge is 2.20. The summed E-state index contributed by atoms with van der Waals surface area (Å²) in [6.07, 6.45) is 0. The first kappa shape index (κ1) is 16.1. The van der Waals surface area contributed by atoms with Gasteiger partial charge in [0, 0.05) is 13.6 Å². The summed E-state index contributed by atoms with van der Waals surface area (Å²) >= 11 is 0. The van der Waals surface area contributed by atoms with Gasteiger partial charge in [0.05, 0.1) is 23.9 Å². The number of nitriles is 1. The van der Waals surface area contributed by atoms with Gasteiger partial charge in [0.15, 0.2) is 0 Å². The van der Waals surface area contributed by atoms with Gasteiger partial charge >= 0.3 is 0 Å². The van der Waals surface area contributed by atoms with E-state index in [2.05, 4.69) is 5.32 Å². The molecule has 0 atom stereocenters. The van der Waals surface area contributed by atoms with Crippen molar-refractivity contribution in [1.82, 2.24) is 9.62 Å². The van der Waals surface area contributed by atoms with Crippen molar-refractivity contribution in [2.75, 3.05) is 20.1 Å². The number of hydrogen-bond acceptors (Lipinski definition) is 4. The number of hydrogen-bond donors (Lipinski definition) is 1. The Morgan fingerprint density at radius 1 is 1.35 bits per heavy atom. The number of nitrogens with one attached hydrogen (secondary N) is 1. The molecule has 1 N–H and O–H groups in total. The molecule has 108 valence electrons. The highest BCUT2D eigenvalue weighted by molar-refractivity contribution is 7.88. The number of amides is 1. The Balaban J connectivity index is 2.73. The van der Waals surface area contributed by atoms with Crippen LogP contribution >= 0.6 is 0 Å². The van der Waals surface area contributed by atoms with E-state index in [-0.39, 0.29) is 18.2 Å². The average molecular weight is 295 g/mol. The Labute approximate surface area is 119 Å². The molecule has 0 saturated heterocycles. The van der Waals surface area contributed by atoms with Crippen LogP contribution in [-0.2, 0) is 20.6 Å². The van der Waals surface area contributed by atoms with Crippen LogP contribution < -0.4 is 5.32 Å². The van der Waals surface area contributed by atoms with E-state index < -0.39 is 10.0 Å². The minimum absolute atomic E-state index is 0.200. The van der Waals surface area contributed by atoms with Gasteiger partial charge < -0.3 is 5.32 Å². The third-order valence-corrected chi connectivity index (χ3v) is 4.42. The van der Waals surface area contributed by atoms with Crippen molar-refractivity contribution in [1.29, 1.82) is 5.26 Å². The fourth-order valence-electron chi connectivity index (χ4n) is 1.55. The van der Waals surface area contributed by atoms with Crippen LogP contribution in [0.25, 0.3) is 0 Å². The summed E-state index contributed by atoms with van der Waals surface area (Å²) in [5.74, 6) is -0.535. The number of nitrogens with zero attached hydrogens (tertiary/aromatic N) is 2. The molecule has 0 spiro atoms. The number of rotatable bonds is 6. The molecular formula is C13H17N3O3S. The van der Waals surface area contributed by atoms with Crippen LogP contribution in [0.2, 0.25) is 0 Å². The van der Waals surface area contributed by atoms with Crippen LogP contribution in [0.5, 0.6) is 0 Å². The predicted molar refractivity (Wildman–Crippen MR) is 75.1 cm³/mol. The number of sulfonamides is 1. The summed E-state index contributed by atoms with van der Waals surface area (Å²) in [6, 6.07) is 8.28. The van der Waals surface area contributed by atoms with Gasteiger partial charge in [-0.05, 0) is 24.6 Å². The molecule has 0 aliphatic carbocycles. The van der Waals surface area contributed by atoms with E-state index in [4.69, 9.17) is 5.26 Å². The lowest BCUT2D eigenvalue weighted by molar-refractivity contribution is -0.121. The molecule has 1 rings (SSSR count). The Kier molecular flexibility index (Phi) is 5.67. The number of carbonyl (C=O) groups is 1. The number of likely N-dealkylation sites (N-methyl/N-ethyl adjacent to an activating group) is 2. The van der Waals surface area contributed by atoms with Crippen molar-refractivity contribution in [3.05, 3.63) is 35.4 Å². The summed E-state index contributed by atoms with van der Waals surface area (Å²) < 4.78 is 25.2. The quantitative estimate of drug-likeness (QED) is 0.825. The summed E-state index contributed by atoms with van der Waals surface area (Å²) in [4.78, 5) is 11.4. The molecule has 0 heterocycles. The maximum Gasteiger partial charge on any atom is 0.235 e. The van der Waals surface area contributed by atoms with E-state index in [9.17, 15) is 13.2 Å². The van der Waals surface area contributed by atoms with Gasteiger partial charge in [0.25, 0.3) is 0 Å². The Morgan fingerprint density at radius 3 is 2.45 bits per heavy atom. The van der Waals surface area contributed by atoms with E-state index in [0.29, 0.717) is 17.7 Å². The van der Waals surface area contributed by atoms with Gasteiger partial charge in [-0.25, -0.2) is 8.42 Å². The third kappa shape index (κ3) is 4.64. The highest BCUT2D eigenvalue weighted by atomic mass is 32.2. The zero-order chi connectivity index (χ0) is 15.2. The smallest absolute Gasteiger partial charge is 0.235 e. The molecule has 7 heteroatoms. The first-order valence-corrected chi connectivity index (χ1v) is 7.69. The molecule has 1 aromatic carbocycles. The Bertz CT molecular complexity index is 603. The molecule has 0 unspecified atom stereocenters. The Hall–Kier alpha value is -1.91. The SMILES string of the molecule is CCNC(=O)CN(C)S(=O)(=O)Cc1ccc(C#N)cc1. The van der Waals surface area contributed by atoms with Crippen molar-refractivity contribution >= 4 is 15.9 Å². The van der Waals surface area contributed by atoms with E-state index in [1.54, 1.807) is 31.2 Å². The molecule has 20 heavy (non-hydrogen) atoms. The standard InChI is InChI=1S/C13H17N3O3S/c1-3-15-13(17)9-16(2)20(18,19)10-12-6-4-11(8-14)5-7-12/h4-7H,3,9-10H2,1-2H3,(H,15,17). The van der Waals surface area contributed by atoms with E-state index in [1.165, 1.54) is 7.05 Å². The van der Waals surface area contributed by atoms with Gasteiger partial charge in [0.1, 0.15) is 0 Å². The van der Waals surface area contributed by atoms with Gasteiger partial charge in [-0.1, -0.05) is 12.1 Å². The molecule has 0 fully saturated rings. The maximum atomic E-state index is 12.1. The lowest BCUT2D eigenvalue weighted by Crippen LogP contribution is -2.38. The van der Waals surface area contributed by atoms with Crippen LogP contribution in [0, 0.1) is 11.3 Å². The molecule has 1 amide bonds. The molecule has 0 aliphatic heterocycles. The molecule has 0 bridgehead atoms. The van der Waals surface area contributed by atoms with Gasteiger partial charge in [-0.2, -0.15) is 9.57 Å². The van der Waals surface area contributed by atoms with Crippen molar-refractivity contribution in [2.45, 2.75) is 12.7 Å². The lowest BCUT2D eigenvalue weighted by atomic mass is 10.2. The second kappa shape index (κ2) is 7.03. The summed E-state index contributed by atoms with van der Waals surface area (Å²) in [7, 11) is -2.19. The molecule has 0 radical (unpaired) electrons. The third-order valence-electron chi connectivity index (χ3n) is 2.65. The monoisotopic (exact) mass is 295 g/mol. The summed E-state index contributed by atoms with van der Waals surface area (Å²) in [5, 5.41) is 11.2. The van der Waals surface area contributed by atoms with Crippen molar-refractivity contribution in [3.63, 3.8) is 0 Å². The second-order valence-corrected chi connectivity index (χ2v) is 6.35. The van der Waals surface area contributed by atoms with Crippen LogP contribution in [0.4, 0.5) is 0 Å². The highest BCUT2D eigenvalue weighted by Crippen LogP contribution is 2.10. The van der Waals surface area contributed by atoms with Crippen LogP contribution in [0.15, 0.2) is 24.3 Å². The molecule has 6 nitrogen and oxygen atoms in total. The number of benzene rings is 1. The van der Waals surface area contributed by atoms with Gasteiger partial charge in [0.2, 0.25) is 15.9 Å².